The van der Waals surface area contributed by atoms with Crippen molar-refractivity contribution < 1.29 is 19.0 Å². The SMILES string of the molecule is COCCOCCCOC(=O)CC(N)CC(C)(C)C. The molecular weight excluding hydrogens is 246 g/mol. The Labute approximate surface area is 116 Å². The largest absolute Gasteiger partial charge is 0.466 e. The predicted octanol–water partition coefficient (Wildman–Crippen LogP) is 1.74. The molecule has 0 radical (unpaired) electrons. The molecule has 0 fully saturated rings. The second-order valence-corrected chi connectivity index (χ2v) is 5.91. The molecule has 19 heavy (non-hydrogen) atoms. The topological polar surface area (TPSA) is 70.8 Å². The van der Waals surface area contributed by atoms with Gasteiger partial charge in [-0.3, -0.25) is 4.79 Å². The molecule has 0 spiro atoms. The third-order valence-electron chi connectivity index (χ3n) is 2.43. The number of hydrogen-bond donors (Lipinski definition) is 1. The predicted molar refractivity (Wildman–Crippen MR) is 74.9 cm³/mol. The van der Waals surface area contributed by atoms with Gasteiger partial charge >= 0.3 is 5.97 Å². The Kier molecular flexibility index (Phi) is 9.83. The molecule has 1 atom stereocenters. The van der Waals surface area contributed by atoms with E-state index in [4.69, 9.17) is 19.9 Å². The summed E-state index contributed by atoms with van der Waals surface area (Å²) < 4.78 is 15.2. The van der Waals surface area contributed by atoms with Gasteiger partial charge in [-0.2, -0.15) is 0 Å². The van der Waals surface area contributed by atoms with Crippen LogP contribution in [0.15, 0.2) is 0 Å². The highest BCUT2D eigenvalue weighted by molar-refractivity contribution is 5.70. The lowest BCUT2D eigenvalue weighted by molar-refractivity contribution is -0.144. The minimum Gasteiger partial charge on any atom is -0.466 e. The number of esters is 1. The molecule has 0 rings (SSSR count). The van der Waals surface area contributed by atoms with Crippen molar-refractivity contribution in [3.63, 3.8) is 0 Å². The Balaban J connectivity index is 3.49. The minimum absolute atomic E-state index is 0.134. The summed E-state index contributed by atoms with van der Waals surface area (Å²) in [7, 11) is 1.63. The van der Waals surface area contributed by atoms with Crippen LogP contribution in [0, 0.1) is 5.41 Å². The van der Waals surface area contributed by atoms with Crippen LogP contribution in [0.25, 0.3) is 0 Å². The van der Waals surface area contributed by atoms with E-state index in [1.165, 1.54) is 0 Å². The fourth-order valence-corrected chi connectivity index (χ4v) is 1.72. The van der Waals surface area contributed by atoms with Crippen molar-refractivity contribution >= 4 is 5.97 Å². The Bertz CT molecular complexity index is 238. The molecular formula is C14H29NO4. The number of carbonyl (C=O) groups is 1. The normalized spacial score (nSPS) is 13.3. The molecule has 5 nitrogen and oxygen atoms in total. The number of hydrogen-bond acceptors (Lipinski definition) is 5. The highest BCUT2D eigenvalue weighted by Gasteiger charge is 2.18. The monoisotopic (exact) mass is 275 g/mol. The van der Waals surface area contributed by atoms with E-state index >= 15 is 0 Å². The molecule has 0 aromatic rings. The van der Waals surface area contributed by atoms with E-state index in [9.17, 15) is 4.79 Å². The zero-order valence-electron chi connectivity index (χ0n) is 12.7. The molecule has 0 aromatic carbocycles. The van der Waals surface area contributed by atoms with Gasteiger partial charge in [-0.1, -0.05) is 20.8 Å². The summed E-state index contributed by atoms with van der Waals surface area (Å²) in [6, 6.07) is -0.134. The lowest BCUT2D eigenvalue weighted by Gasteiger charge is -2.22. The van der Waals surface area contributed by atoms with Crippen molar-refractivity contribution in [1.29, 1.82) is 0 Å². The molecule has 114 valence electrons. The minimum atomic E-state index is -0.228. The third-order valence-corrected chi connectivity index (χ3v) is 2.43. The first kappa shape index (κ1) is 18.4. The van der Waals surface area contributed by atoms with E-state index < -0.39 is 0 Å². The van der Waals surface area contributed by atoms with Gasteiger partial charge in [0.1, 0.15) is 0 Å². The van der Waals surface area contributed by atoms with Crippen molar-refractivity contribution in [2.24, 2.45) is 11.1 Å². The van der Waals surface area contributed by atoms with E-state index in [0.717, 1.165) is 6.42 Å². The lowest BCUT2D eigenvalue weighted by atomic mass is 9.87. The summed E-state index contributed by atoms with van der Waals surface area (Å²) in [6.45, 7) is 8.43. The maximum absolute atomic E-state index is 11.5. The molecule has 0 saturated carbocycles. The number of methoxy groups -OCH3 is 1. The zero-order chi connectivity index (χ0) is 14.7. The first-order chi connectivity index (χ1) is 8.85. The van der Waals surface area contributed by atoms with E-state index in [1.807, 2.05) is 0 Å². The van der Waals surface area contributed by atoms with Crippen molar-refractivity contribution in [2.75, 3.05) is 33.5 Å². The average molecular weight is 275 g/mol. The molecule has 0 amide bonds. The van der Waals surface area contributed by atoms with Crippen molar-refractivity contribution in [1.82, 2.24) is 0 Å². The van der Waals surface area contributed by atoms with Gasteiger partial charge in [0.05, 0.1) is 26.2 Å². The number of ether oxygens (including phenoxy) is 3. The molecule has 0 bridgehead atoms. The third kappa shape index (κ3) is 13.6. The van der Waals surface area contributed by atoms with E-state index in [0.29, 0.717) is 32.8 Å². The molecule has 0 aliphatic rings. The number of nitrogens with two attached hydrogens (primary N) is 1. The molecule has 0 aliphatic heterocycles. The molecule has 0 aromatic heterocycles. The summed E-state index contributed by atoms with van der Waals surface area (Å²) in [6.07, 6.45) is 1.79. The summed E-state index contributed by atoms with van der Waals surface area (Å²) >= 11 is 0. The smallest absolute Gasteiger partial charge is 0.307 e. The molecule has 2 N–H and O–H groups in total. The van der Waals surface area contributed by atoms with E-state index in [1.54, 1.807) is 7.11 Å². The summed E-state index contributed by atoms with van der Waals surface area (Å²) in [5.74, 6) is -0.228. The van der Waals surface area contributed by atoms with Crippen molar-refractivity contribution in [3.05, 3.63) is 0 Å². The average Bonchev–Trinajstić information content (AvgIpc) is 2.25. The molecule has 0 aliphatic carbocycles. The Morgan fingerprint density at radius 2 is 1.84 bits per heavy atom. The highest BCUT2D eigenvalue weighted by atomic mass is 16.5. The Morgan fingerprint density at radius 1 is 1.16 bits per heavy atom. The standard InChI is InChI=1S/C14H29NO4/c1-14(2,3)11-12(15)10-13(16)19-7-5-6-18-9-8-17-4/h12H,5-11,15H2,1-4H3. The quantitative estimate of drug-likeness (QED) is 0.486. The van der Waals surface area contributed by atoms with Gasteiger partial charge in [-0.15, -0.1) is 0 Å². The number of carbonyl (C=O) groups excluding carboxylic acids is 1. The van der Waals surface area contributed by atoms with Crippen LogP contribution in [-0.4, -0.2) is 45.5 Å². The van der Waals surface area contributed by atoms with Crippen LogP contribution in [0.4, 0.5) is 0 Å². The lowest BCUT2D eigenvalue weighted by Crippen LogP contribution is -2.29. The van der Waals surface area contributed by atoms with Crippen LogP contribution < -0.4 is 5.73 Å². The molecule has 0 heterocycles. The van der Waals surface area contributed by atoms with Crippen LogP contribution in [0.1, 0.15) is 40.0 Å². The molecule has 5 heteroatoms. The highest BCUT2D eigenvalue weighted by Crippen LogP contribution is 2.21. The number of rotatable bonds is 10. The van der Waals surface area contributed by atoms with Gasteiger partial charge in [-0.25, -0.2) is 0 Å². The second kappa shape index (κ2) is 10.2. The van der Waals surface area contributed by atoms with Crippen molar-refractivity contribution in [2.45, 2.75) is 46.1 Å². The van der Waals surface area contributed by atoms with Gasteiger partial charge in [0.2, 0.25) is 0 Å². The van der Waals surface area contributed by atoms with Crippen molar-refractivity contribution in [3.8, 4) is 0 Å². The van der Waals surface area contributed by atoms with Crippen LogP contribution >= 0.6 is 0 Å². The van der Waals surface area contributed by atoms with Gasteiger partial charge in [0, 0.05) is 26.2 Å². The summed E-state index contributed by atoms with van der Waals surface area (Å²) in [5, 5.41) is 0. The van der Waals surface area contributed by atoms with Gasteiger partial charge in [-0.05, 0) is 11.8 Å². The first-order valence-electron chi connectivity index (χ1n) is 6.83. The second-order valence-electron chi connectivity index (χ2n) is 5.91. The molecule has 0 saturated heterocycles. The van der Waals surface area contributed by atoms with Crippen LogP contribution in [0.2, 0.25) is 0 Å². The Hall–Kier alpha value is -0.650. The zero-order valence-corrected chi connectivity index (χ0v) is 12.7. The van der Waals surface area contributed by atoms with Gasteiger partial charge < -0.3 is 19.9 Å². The van der Waals surface area contributed by atoms with Gasteiger partial charge in [0.15, 0.2) is 0 Å². The maximum atomic E-state index is 11.5. The van der Waals surface area contributed by atoms with Crippen LogP contribution in [0.3, 0.4) is 0 Å². The van der Waals surface area contributed by atoms with E-state index in [2.05, 4.69) is 20.8 Å². The maximum Gasteiger partial charge on any atom is 0.307 e. The van der Waals surface area contributed by atoms with Crippen LogP contribution in [-0.2, 0) is 19.0 Å². The summed E-state index contributed by atoms with van der Waals surface area (Å²) in [4.78, 5) is 11.5. The first-order valence-corrected chi connectivity index (χ1v) is 6.83. The van der Waals surface area contributed by atoms with Gasteiger partial charge in [0.25, 0.3) is 0 Å². The fraction of sp³-hybridized carbons (Fsp3) is 0.929. The van der Waals surface area contributed by atoms with Crippen LogP contribution in [0.5, 0.6) is 0 Å². The molecule has 1 unspecified atom stereocenters. The fourth-order valence-electron chi connectivity index (χ4n) is 1.72. The summed E-state index contributed by atoms with van der Waals surface area (Å²) in [5.41, 5.74) is 6.04. The Morgan fingerprint density at radius 3 is 2.42 bits per heavy atom. The van der Waals surface area contributed by atoms with E-state index in [-0.39, 0.29) is 23.8 Å².